The molecular formula is C30H30ClN5OS. The van der Waals surface area contributed by atoms with Gasteiger partial charge in [0.15, 0.2) is 5.11 Å². The van der Waals surface area contributed by atoms with Crippen molar-refractivity contribution in [3.63, 3.8) is 0 Å². The van der Waals surface area contributed by atoms with Gasteiger partial charge < -0.3 is 24.4 Å². The van der Waals surface area contributed by atoms with Crippen molar-refractivity contribution >= 4 is 40.3 Å². The Bertz CT molecular complexity index is 1450. The quantitative estimate of drug-likeness (QED) is 0.304. The van der Waals surface area contributed by atoms with E-state index in [1.807, 2.05) is 36.5 Å². The van der Waals surface area contributed by atoms with Crippen molar-refractivity contribution < 1.29 is 4.74 Å². The predicted octanol–water partition coefficient (Wildman–Crippen LogP) is 6.16. The summed E-state index contributed by atoms with van der Waals surface area (Å²) in [6, 6.07) is 24.7. The number of aryl methyl sites for hydroxylation is 1. The zero-order chi connectivity index (χ0) is 26.2. The molecule has 0 aliphatic carbocycles. The Morgan fingerprint density at radius 1 is 0.947 bits per heavy atom. The maximum atomic E-state index is 6.64. The third kappa shape index (κ3) is 4.45. The Balaban J connectivity index is 1.44. The predicted molar refractivity (Wildman–Crippen MR) is 158 cm³/mol. The van der Waals surface area contributed by atoms with Gasteiger partial charge in [0, 0.05) is 42.0 Å². The minimum Gasteiger partial charge on any atom is -0.378 e. The van der Waals surface area contributed by atoms with E-state index in [-0.39, 0.29) is 12.1 Å². The van der Waals surface area contributed by atoms with Crippen LogP contribution in [0.4, 0.5) is 11.4 Å². The molecule has 2 aromatic heterocycles. The topological polar surface area (TPSA) is 45.6 Å². The molecule has 0 bridgehead atoms. The van der Waals surface area contributed by atoms with Crippen LogP contribution >= 0.6 is 23.8 Å². The maximum absolute atomic E-state index is 6.64. The van der Waals surface area contributed by atoms with Gasteiger partial charge in [-0.1, -0.05) is 29.8 Å². The number of para-hydroxylation sites is 1. The molecule has 0 unspecified atom stereocenters. The lowest BCUT2D eigenvalue weighted by Crippen LogP contribution is -2.36. The molecule has 6 nitrogen and oxygen atoms in total. The molecule has 38 heavy (non-hydrogen) atoms. The third-order valence-electron chi connectivity index (χ3n) is 7.48. The largest absolute Gasteiger partial charge is 0.378 e. The highest BCUT2D eigenvalue weighted by Crippen LogP contribution is 2.44. The molecule has 2 atom stereocenters. The molecule has 2 saturated heterocycles. The van der Waals surface area contributed by atoms with E-state index < -0.39 is 0 Å². The average Bonchev–Trinajstić information content (AvgIpc) is 3.45. The average molecular weight is 544 g/mol. The van der Waals surface area contributed by atoms with Gasteiger partial charge in [-0.15, -0.1) is 0 Å². The molecule has 0 amide bonds. The summed E-state index contributed by atoms with van der Waals surface area (Å²) in [5, 5.41) is 4.99. The standard InChI is InChI=1S/C30H30ClN5OS/c1-20-19-24(21(2)35(20)27-9-4-3-7-25(27)31)29-28(26-8-5-6-14-32-26)33-30(38)36(29)23-12-10-22(11-13-23)34-15-17-37-18-16-34/h3-14,19,28-29H,15-18H2,1-2H3,(H,33,38)/t28-,29+/m0/s1. The Labute approximate surface area is 233 Å². The monoisotopic (exact) mass is 543 g/mol. The molecule has 0 spiro atoms. The molecule has 2 aromatic carbocycles. The Hall–Kier alpha value is -3.39. The summed E-state index contributed by atoms with van der Waals surface area (Å²) in [6.07, 6.45) is 1.84. The van der Waals surface area contributed by atoms with E-state index in [0.29, 0.717) is 5.11 Å². The van der Waals surface area contributed by atoms with Crippen LogP contribution in [-0.4, -0.2) is 41.0 Å². The van der Waals surface area contributed by atoms with Crippen molar-refractivity contribution in [1.29, 1.82) is 0 Å². The zero-order valence-corrected chi connectivity index (χ0v) is 23.0. The van der Waals surface area contributed by atoms with Crippen LogP contribution < -0.4 is 15.1 Å². The zero-order valence-electron chi connectivity index (χ0n) is 21.5. The third-order valence-corrected chi connectivity index (χ3v) is 8.12. The molecule has 6 rings (SSSR count). The summed E-state index contributed by atoms with van der Waals surface area (Å²) in [7, 11) is 0. The number of benzene rings is 2. The molecule has 2 aliphatic heterocycles. The van der Waals surface area contributed by atoms with Crippen LogP contribution in [0.5, 0.6) is 0 Å². The smallest absolute Gasteiger partial charge is 0.174 e. The first-order chi connectivity index (χ1) is 18.5. The number of nitrogens with zero attached hydrogens (tertiary/aromatic N) is 4. The first-order valence-corrected chi connectivity index (χ1v) is 13.7. The summed E-state index contributed by atoms with van der Waals surface area (Å²) < 4.78 is 7.76. The maximum Gasteiger partial charge on any atom is 0.174 e. The number of hydrogen-bond donors (Lipinski definition) is 1. The highest BCUT2D eigenvalue weighted by Gasteiger charge is 2.42. The highest BCUT2D eigenvalue weighted by atomic mass is 35.5. The number of rotatable bonds is 5. The van der Waals surface area contributed by atoms with E-state index in [9.17, 15) is 0 Å². The fraction of sp³-hybridized carbons (Fsp3) is 0.267. The minimum atomic E-state index is -0.109. The molecule has 2 fully saturated rings. The Kier molecular flexibility index (Phi) is 6.82. The van der Waals surface area contributed by atoms with E-state index in [1.54, 1.807) is 0 Å². The van der Waals surface area contributed by atoms with Crippen LogP contribution in [0.25, 0.3) is 5.69 Å². The number of hydrogen-bond acceptors (Lipinski definition) is 4. The van der Waals surface area contributed by atoms with Gasteiger partial charge >= 0.3 is 0 Å². The van der Waals surface area contributed by atoms with Gasteiger partial charge in [0.2, 0.25) is 0 Å². The lowest BCUT2D eigenvalue weighted by atomic mass is 9.96. The van der Waals surface area contributed by atoms with Crippen LogP contribution in [0, 0.1) is 13.8 Å². The normalized spacial score (nSPS) is 19.6. The number of morpholine rings is 1. The highest BCUT2D eigenvalue weighted by molar-refractivity contribution is 7.80. The molecule has 0 saturated carbocycles. The summed E-state index contributed by atoms with van der Waals surface area (Å²) in [5.74, 6) is 0. The van der Waals surface area contributed by atoms with Crippen molar-refractivity contribution in [2.24, 2.45) is 0 Å². The number of thiocarbonyl (C=S) groups is 1. The Morgan fingerprint density at radius 3 is 2.37 bits per heavy atom. The van der Waals surface area contributed by atoms with Crippen LogP contribution in [0.3, 0.4) is 0 Å². The van der Waals surface area contributed by atoms with Gasteiger partial charge in [0.05, 0.1) is 41.7 Å². The van der Waals surface area contributed by atoms with Crippen LogP contribution in [-0.2, 0) is 4.74 Å². The number of nitrogens with one attached hydrogen (secondary N) is 1. The second-order valence-electron chi connectivity index (χ2n) is 9.73. The van der Waals surface area contributed by atoms with Crippen molar-refractivity contribution in [2.75, 3.05) is 36.1 Å². The van der Waals surface area contributed by atoms with E-state index in [4.69, 9.17) is 33.5 Å². The van der Waals surface area contributed by atoms with Crippen molar-refractivity contribution in [3.05, 3.63) is 107 Å². The van der Waals surface area contributed by atoms with E-state index in [2.05, 4.69) is 76.0 Å². The van der Waals surface area contributed by atoms with Gasteiger partial charge in [-0.25, -0.2) is 0 Å². The van der Waals surface area contributed by atoms with E-state index >= 15 is 0 Å². The van der Waals surface area contributed by atoms with Gasteiger partial charge in [-0.05, 0) is 86.2 Å². The molecular weight excluding hydrogens is 514 g/mol. The SMILES string of the molecule is Cc1cc([C@@H]2[C@H](c3ccccn3)NC(=S)N2c2ccc(N3CCOCC3)cc2)c(C)n1-c1ccccc1Cl. The van der Waals surface area contributed by atoms with Crippen LogP contribution in [0.15, 0.2) is 79.0 Å². The number of pyridine rings is 1. The van der Waals surface area contributed by atoms with Gasteiger partial charge in [0.1, 0.15) is 0 Å². The fourth-order valence-corrected chi connectivity index (χ4v) is 6.25. The van der Waals surface area contributed by atoms with Crippen molar-refractivity contribution in [2.45, 2.75) is 25.9 Å². The molecule has 0 radical (unpaired) electrons. The number of anilines is 2. The van der Waals surface area contributed by atoms with Gasteiger partial charge in [-0.3, -0.25) is 4.98 Å². The second-order valence-corrected chi connectivity index (χ2v) is 10.5. The molecule has 1 N–H and O–H groups in total. The minimum absolute atomic E-state index is 0.0888. The molecule has 4 heterocycles. The summed E-state index contributed by atoms with van der Waals surface area (Å²) in [6.45, 7) is 7.61. The van der Waals surface area contributed by atoms with Crippen molar-refractivity contribution in [3.8, 4) is 5.69 Å². The number of halogens is 1. The van der Waals surface area contributed by atoms with Gasteiger partial charge in [-0.2, -0.15) is 0 Å². The van der Waals surface area contributed by atoms with Gasteiger partial charge in [0.25, 0.3) is 0 Å². The van der Waals surface area contributed by atoms with E-state index in [1.165, 1.54) is 11.3 Å². The number of aromatic nitrogens is 2. The summed E-state index contributed by atoms with van der Waals surface area (Å²) >= 11 is 12.6. The first kappa shape index (κ1) is 24.9. The van der Waals surface area contributed by atoms with Crippen LogP contribution in [0.2, 0.25) is 5.02 Å². The van der Waals surface area contributed by atoms with E-state index in [0.717, 1.165) is 59.8 Å². The fourth-order valence-electron chi connectivity index (χ4n) is 5.69. The Morgan fingerprint density at radius 2 is 1.66 bits per heavy atom. The lowest BCUT2D eigenvalue weighted by Gasteiger charge is -2.31. The summed E-state index contributed by atoms with van der Waals surface area (Å²) in [4.78, 5) is 9.30. The number of ether oxygens (including phenoxy) is 1. The molecule has 194 valence electrons. The lowest BCUT2D eigenvalue weighted by molar-refractivity contribution is 0.122. The molecule has 2 aliphatic rings. The summed E-state index contributed by atoms with van der Waals surface area (Å²) in [5.41, 5.74) is 7.60. The molecule has 4 aromatic rings. The first-order valence-electron chi connectivity index (χ1n) is 12.9. The van der Waals surface area contributed by atoms with Crippen molar-refractivity contribution in [1.82, 2.24) is 14.9 Å². The second kappa shape index (κ2) is 10.4. The molecule has 8 heteroatoms. The van der Waals surface area contributed by atoms with Crippen LogP contribution in [0.1, 0.15) is 34.7 Å².